The van der Waals surface area contributed by atoms with Crippen LogP contribution in [0.25, 0.3) is 0 Å². The molecule has 0 heterocycles. The van der Waals surface area contributed by atoms with Gasteiger partial charge in [0.1, 0.15) is 0 Å². The summed E-state index contributed by atoms with van der Waals surface area (Å²) < 4.78 is 0. The van der Waals surface area contributed by atoms with Gasteiger partial charge in [0.15, 0.2) is 0 Å². The van der Waals surface area contributed by atoms with Crippen LogP contribution in [0.15, 0.2) is 0 Å². The molecule has 0 saturated carbocycles. The fourth-order valence-corrected chi connectivity index (χ4v) is 0.285. The SMILES string of the molecule is NCCNC=O.NCCNC=O.[Au].[Au]. The van der Waals surface area contributed by atoms with E-state index < -0.39 is 0 Å². The van der Waals surface area contributed by atoms with Crippen molar-refractivity contribution in [1.82, 2.24) is 10.6 Å². The fourth-order valence-electron chi connectivity index (χ4n) is 0.285. The van der Waals surface area contributed by atoms with Gasteiger partial charge in [0.2, 0.25) is 12.8 Å². The first-order chi connectivity index (χ1) is 5.83. The van der Waals surface area contributed by atoms with Crippen LogP contribution in [0.5, 0.6) is 0 Å². The predicted molar refractivity (Wildman–Crippen MR) is 46.2 cm³/mol. The van der Waals surface area contributed by atoms with E-state index in [0.717, 1.165) is 0 Å². The summed E-state index contributed by atoms with van der Waals surface area (Å²) in [6.07, 6.45) is 1.26. The van der Waals surface area contributed by atoms with Gasteiger partial charge in [-0.05, 0) is 0 Å². The summed E-state index contributed by atoms with van der Waals surface area (Å²) in [4.78, 5) is 18.8. The van der Waals surface area contributed by atoms with E-state index >= 15 is 0 Å². The van der Waals surface area contributed by atoms with Crippen LogP contribution in [-0.4, -0.2) is 39.0 Å². The molecule has 0 fully saturated rings. The minimum atomic E-state index is 0. The Morgan fingerprint density at radius 2 is 1.14 bits per heavy atom. The molecular weight excluding hydrogens is 554 g/mol. The molecule has 0 aromatic heterocycles. The summed E-state index contributed by atoms with van der Waals surface area (Å²) in [7, 11) is 0. The van der Waals surface area contributed by atoms with E-state index in [1.807, 2.05) is 0 Å². The maximum absolute atomic E-state index is 9.40. The zero-order valence-corrected chi connectivity index (χ0v) is 11.9. The molecule has 14 heavy (non-hydrogen) atoms. The quantitative estimate of drug-likeness (QED) is 0.159. The molecule has 0 rings (SSSR count). The van der Waals surface area contributed by atoms with Gasteiger partial charge in [-0.25, -0.2) is 0 Å². The van der Waals surface area contributed by atoms with Crippen LogP contribution < -0.4 is 22.1 Å². The number of carbonyl (C=O) groups is 2. The Hall–Kier alpha value is 0.341. The van der Waals surface area contributed by atoms with E-state index in [4.69, 9.17) is 11.5 Å². The van der Waals surface area contributed by atoms with Gasteiger partial charge in [-0.3, -0.25) is 9.59 Å². The molecule has 0 aromatic rings. The van der Waals surface area contributed by atoms with Gasteiger partial charge in [-0.1, -0.05) is 0 Å². The van der Waals surface area contributed by atoms with Crippen LogP contribution in [0.2, 0.25) is 0 Å². The Morgan fingerprint density at radius 3 is 1.21 bits per heavy atom. The molecular formula is C6H16Au2N4O2. The van der Waals surface area contributed by atoms with Crippen molar-refractivity contribution < 1.29 is 54.3 Å². The molecule has 0 aromatic carbocycles. The van der Waals surface area contributed by atoms with Crippen molar-refractivity contribution in [3.63, 3.8) is 0 Å². The molecule has 0 aliphatic heterocycles. The van der Waals surface area contributed by atoms with E-state index in [9.17, 15) is 9.59 Å². The molecule has 6 nitrogen and oxygen atoms in total. The van der Waals surface area contributed by atoms with E-state index in [0.29, 0.717) is 39.0 Å². The zero-order valence-electron chi connectivity index (χ0n) is 7.56. The largest absolute Gasteiger partial charge is 0.357 e. The Balaban J connectivity index is -0.0000000625. The minimum Gasteiger partial charge on any atom is -0.357 e. The molecule has 94 valence electrons. The topological polar surface area (TPSA) is 110 Å². The first-order valence-corrected chi connectivity index (χ1v) is 3.57. The van der Waals surface area contributed by atoms with Gasteiger partial charge >= 0.3 is 0 Å². The van der Waals surface area contributed by atoms with Crippen LogP contribution in [0, 0.1) is 0 Å². The number of carbonyl (C=O) groups excluding carboxylic acids is 2. The van der Waals surface area contributed by atoms with Crippen molar-refractivity contribution >= 4 is 12.8 Å². The van der Waals surface area contributed by atoms with Gasteiger partial charge in [0, 0.05) is 70.9 Å². The summed E-state index contributed by atoms with van der Waals surface area (Å²) in [6.45, 7) is 2.17. The molecule has 2 amide bonds. The molecule has 0 unspecified atom stereocenters. The Morgan fingerprint density at radius 1 is 0.857 bits per heavy atom. The average Bonchev–Trinajstić information content (AvgIpc) is 2.12. The monoisotopic (exact) mass is 570 g/mol. The van der Waals surface area contributed by atoms with E-state index in [-0.39, 0.29) is 44.8 Å². The van der Waals surface area contributed by atoms with Crippen molar-refractivity contribution in [2.45, 2.75) is 0 Å². The van der Waals surface area contributed by atoms with Crippen LogP contribution >= 0.6 is 0 Å². The maximum Gasteiger partial charge on any atom is 0.207 e. The minimum absolute atomic E-state index is 0. The number of nitrogens with one attached hydrogen (secondary N) is 2. The summed E-state index contributed by atoms with van der Waals surface area (Å²) in [5.74, 6) is 0. The normalized spacial score (nSPS) is 6.43. The van der Waals surface area contributed by atoms with Crippen molar-refractivity contribution in [1.29, 1.82) is 0 Å². The molecule has 2 radical (unpaired) electrons. The molecule has 6 N–H and O–H groups in total. The second-order valence-electron chi connectivity index (χ2n) is 1.72. The molecule has 0 atom stereocenters. The van der Waals surface area contributed by atoms with Crippen LogP contribution in [0.1, 0.15) is 0 Å². The molecule has 0 saturated heterocycles. The Kier molecular flexibility index (Phi) is 49.8. The smallest absolute Gasteiger partial charge is 0.207 e. The van der Waals surface area contributed by atoms with Crippen molar-refractivity contribution in [3.05, 3.63) is 0 Å². The van der Waals surface area contributed by atoms with Gasteiger partial charge in [0.25, 0.3) is 0 Å². The molecule has 0 bridgehead atoms. The third-order valence-electron chi connectivity index (χ3n) is 0.744. The standard InChI is InChI=1S/2C3H8N2O.2Au/c2*4-1-2-5-3-6;;/h2*3H,1-2,4H2,(H,5,6);;. The Labute approximate surface area is 115 Å². The summed E-state index contributed by atoms with van der Waals surface area (Å²) in [6, 6.07) is 0. The number of nitrogens with two attached hydrogens (primary N) is 2. The first kappa shape index (κ1) is 23.9. The molecule has 0 aliphatic carbocycles. The van der Waals surface area contributed by atoms with E-state index in [1.54, 1.807) is 0 Å². The predicted octanol–water partition coefficient (Wildman–Crippen LogP) is -2.62. The van der Waals surface area contributed by atoms with Crippen molar-refractivity contribution in [2.75, 3.05) is 26.2 Å². The summed E-state index contributed by atoms with van der Waals surface area (Å²) in [5.41, 5.74) is 9.99. The molecule has 0 aliphatic rings. The number of rotatable bonds is 6. The second kappa shape index (κ2) is 29.2. The molecule has 8 heteroatoms. The third-order valence-corrected chi connectivity index (χ3v) is 0.744. The molecule has 0 spiro atoms. The Bertz CT molecular complexity index is 95.8. The van der Waals surface area contributed by atoms with Gasteiger partial charge in [0.05, 0.1) is 0 Å². The van der Waals surface area contributed by atoms with Crippen molar-refractivity contribution in [3.8, 4) is 0 Å². The van der Waals surface area contributed by atoms with Crippen LogP contribution in [-0.2, 0) is 54.3 Å². The zero-order chi connectivity index (χ0) is 9.66. The van der Waals surface area contributed by atoms with E-state index in [1.165, 1.54) is 0 Å². The van der Waals surface area contributed by atoms with E-state index in [2.05, 4.69) is 10.6 Å². The number of amides is 2. The fraction of sp³-hybridized carbons (Fsp3) is 0.667. The van der Waals surface area contributed by atoms with Gasteiger partial charge in [-0.2, -0.15) is 0 Å². The number of hydrogen-bond donors (Lipinski definition) is 4. The number of hydrogen-bond acceptors (Lipinski definition) is 4. The third kappa shape index (κ3) is 39.5. The second-order valence-corrected chi connectivity index (χ2v) is 1.72. The summed E-state index contributed by atoms with van der Waals surface area (Å²) in [5, 5.41) is 4.78. The van der Waals surface area contributed by atoms with Crippen LogP contribution in [0.4, 0.5) is 0 Å². The first-order valence-electron chi connectivity index (χ1n) is 3.57. The van der Waals surface area contributed by atoms with Gasteiger partial charge in [-0.15, -0.1) is 0 Å². The van der Waals surface area contributed by atoms with Crippen LogP contribution in [0.3, 0.4) is 0 Å². The average molecular weight is 570 g/mol. The van der Waals surface area contributed by atoms with Gasteiger partial charge < -0.3 is 22.1 Å². The maximum atomic E-state index is 9.40. The van der Waals surface area contributed by atoms with Crippen molar-refractivity contribution in [2.24, 2.45) is 11.5 Å². The summed E-state index contributed by atoms with van der Waals surface area (Å²) >= 11 is 0.